The van der Waals surface area contributed by atoms with Crippen LogP contribution in [0.25, 0.3) is 16.8 Å². The van der Waals surface area contributed by atoms with Crippen LogP contribution in [0, 0.1) is 12.7 Å². The highest BCUT2D eigenvalue weighted by atomic mass is 19.1. The van der Waals surface area contributed by atoms with Gasteiger partial charge in [-0.25, -0.2) is 9.37 Å². The molecule has 3 heterocycles. The number of hydrogen-bond acceptors (Lipinski definition) is 4. The van der Waals surface area contributed by atoms with Gasteiger partial charge in [-0.05, 0) is 68.7 Å². The van der Waals surface area contributed by atoms with Crippen molar-refractivity contribution in [2.45, 2.75) is 32.2 Å². The highest BCUT2D eigenvalue weighted by Crippen LogP contribution is 2.36. The van der Waals surface area contributed by atoms with Crippen molar-refractivity contribution in [3.8, 4) is 22.8 Å². The summed E-state index contributed by atoms with van der Waals surface area (Å²) in [6.45, 7) is 6.32. The molecule has 5 rings (SSSR count). The second kappa shape index (κ2) is 9.09. The molecule has 1 fully saturated rings. The molecule has 0 spiro atoms. The quantitative estimate of drug-likeness (QED) is 0.352. The number of imidazole rings is 1. The first kappa shape index (κ1) is 21.8. The number of carbonyl (C=O) groups is 1. The van der Waals surface area contributed by atoms with E-state index in [-0.39, 0.29) is 17.8 Å². The fourth-order valence-electron chi connectivity index (χ4n) is 4.58. The molecule has 2 aromatic carbocycles. The summed E-state index contributed by atoms with van der Waals surface area (Å²) in [6.07, 6.45) is 7.89. The summed E-state index contributed by atoms with van der Waals surface area (Å²) in [5, 5.41) is 0. The normalized spacial score (nSPS) is 15.9. The first-order valence-electron chi connectivity index (χ1n) is 11.4. The molecule has 0 N–H and O–H groups in total. The Morgan fingerprint density at radius 2 is 2.00 bits per heavy atom. The fraction of sp³-hybridized carbons (Fsp3) is 0.222. The molecule has 7 heteroatoms. The molecule has 34 heavy (non-hydrogen) atoms. The van der Waals surface area contributed by atoms with Gasteiger partial charge in [-0.2, -0.15) is 0 Å². The molecule has 1 amide bonds. The number of carbonyl (C=O) groups excluding carboxylic acids is 1. The summed E-state index contributed by atoms with van der Waals surface area (Å²) < 4.78 is 21.3. The number of nitrogens with zero attached hydrogens (tertiary/aromatic N) is 4. The largest absolute Gasteiger partial charge is 0.457 e. The third-order valence-corrected chi connectivity index (χ3v) is 6.18. The number of aryl methyl sites for hydroxylation is 1. The fourth-order valence-corrected chi connectivity index (χ4v) is 4.58. The minimum atomic E-state index is -0.346. The zero-order valence-electron chi connectivity index (χ0n) is 18.9. The van der Waals surface area contributed by atoms with Crippen molar-refractivity contribution in [3.63, 3.8) is 0 Å². The summed E-state index contributed by atoms with van der Waals surface area (Å²) in [5.74, 6) is 1.44. The lowest BCUT2D eigenvalue weighted by Crippen LogP contribution is -2.38. The molecule has 2 aromatic heterocycles. The molecule has 0 aliphatic carbocycles. The summed E-state index contributed by atoms with van der Waals surface area (Å²) in [5.41, 5.74) is 3.47. The van der Waals surface area contributed by atoms with Gasteiger partial charge in [0.1, 0.15) is 23.1 Å². The van der Waals surface area contributed by atoms with Crippen LogP contribution in [-0.2, 0) is 4.79 Å². The lowest BCUT2D eigenvalue weighted by Gasteiger charge is -2.34. The SMILES string of the molecule is C=CC(=O)N1CCCCC1c1nc(-c2ccc(Oc3cccc(F)c3)cc2)c2c(C)nccn12. The number of fused-ring (bicyclic) bond motifs is 1. The zero-order valence-corrected chi connectivity index (χ0v) is 18.9. The average Bonchev–Trinajstić information content (AvgIpc) is 3.25. The number of ether oxygens (including phenoxy) is 1. The van der Waals surface area contributed by atoms with Gasteiger partial charge in [0, 0.05) is 30.6 Å². The van der Waals surface area contributed by atoms with E-state index in [1.165, 1.54) is 18.2 Å². The average molecular weight is 457 g/mol. The molecule has 6 nitrogen and oxygen atoms in total. The van der Waals surface area contributed by atoms with Crippen LogP contribution >= 0.6 is 0 Å². The van der Waals surface area contributed by atoms with Crippen molar-refractivity contribution in [2.24, 2.45) is 0 Å². The first-order valence-corrected chi connectivity index (χ1v) is 11.4. The number of aromatic nitrogens is 3. The predicted octanol–water partition coefficient (Wildman–Crippen LogP) is 5.88. The van der Waals surface area contributed by atoms with E-state index >= 15 is 0 Å². The highest BCUT2D eigenvalue weighted by molar-refractivity contribution is 5.87. The number of amides is 1. The van der Waals surface area contributed by atoms with Crippen LogP contribution in [0.3, 0.4) is 0 Å². The molecule has 172 valence electrons. The maximum Gasteiger partial charge on any atom is 0.246 e. The van der Waals surface area contributed by atoms with Crippen LogP contribution in [0.15, 0.2) is 73.6 Å². The molecule has 0 bridgehead atoms. The molecule has 1 aliphatic rings. The number of benzene rings is 2. The van der Waals surface area contributed by atoms with Gasteiger partial charge < -0.3 is 9.64 Å². The Bertz CT molecular complexity index is 1360. The molecule has 0 saturated carbocycles. The van der Waals surface area contributed by atoms with Crippen molar-refractivity contribution in [1.29, 1.82) is 0 Å². The Morgan fingerprint density at radius 1 is 1.18 bits per heavy atom. The highest BCUT2D eigenvalue weighted by Gasteiger charge is 2.31. The van der Waals surface area contributed by atoms with Crippen molar-refractivity contribution in [2.75, 3.05) is 6.54 Å². The van der Waals surface area contributed by atoms with Crippen LogP contribution in [0.5, 0.6) is 11.5 Å². The lowest BCUT2D eigenvalue weighted by atomic mass is 10.0. The van der Waals surface area contributed by atoms with Gasteiger partial charge in [0.05, 0.1) is 22.9 Å². The van der Waals surface area contributed by atoms with Crippen LogP contribution in [0.2, 0.25) is 0 Å². The zero-order chi connectivity index (χ0) is 23.7. The molecular weight excluding hydrogens is 431 g/mol. The van der Waals surface area contributed by atoms with Crippen molar-refractivity contribution >= 4 is 11.4 Å². The number of hydrogen-bond donors (Lipinski definition) is 0. The molecule has 1 saturated heterocycles. The second-order valence-corrected chi connectivity index (χ2v) is 8.38. The second-order valence-electron chi connectivity index (χ2n) is 8.38. The Kier molecular flexibility index (Phi) is 5.84. The van der Waals surface area contributed by atoms with E-state index in [2.05, 4.69) is 11.6 Å². The number of likely N-dealkylation sites (tertiary alicyclic amines) is 1. The minimum Gasteiger partial charge on any atom is -0.457 e. The number of rotatable bonds is 5. The molecular formula is C27H25FN4O2. The van der Waals surface area contributed by atoms with Gasteiger partial charge in [-0.3, -0.25) is 14.2 Å². The smallest absolute Gasteiger partial charge is 0.246 e. The van der Waals surface area contributed by atoms with E-state index in [0.29, 0.717) is 18.0 Å². The summed E-state index contributed by atoms with van der Waals surface area (Å²) >= 11 is 0. The van der Waals surface area contributed by atoms with E-state index in [0.717, 1.165) is 47.6 Å². The molecule has 1 aliphatic heterocycles. The summed E-state index contributed by atoms with van der Waals surface area (Å²) in [4.78, 5) is 23.9. The van der Waals surface area contributed by atoms with Crippen LogP contribution in [0.1, 0.15) is 36.8 Å². The summed E-state index contributed by atoms with van der Waals surface area (Å²) in [6, 6.07) is 13.5. The first-order chi connectivity index (χ1) is 16.5. The summed E-state index contributed by atoms with van der Waals surface area (Å²) in [7, 11) is 0. The Morgan fingerprint density at radius 3 is 2.76 bits per heavy atom. The van der Waals surface area contributed by atoms with E-state index < -0.39 is 0 Å². The predicted molar refractivity (Wildman–Crippen MR) is 128 cm³/mol. The van der Waals surface area contributed by atoms with E-state index in [4.69, 9.17) is 9.72 Å². The van der Waals surface area contributed by atoms with Gasteiger partial charge in [0.2, 0.25) is 5.91 Å². The van der Waals surface area contributed by atoms with Crippen molar-refractivity contribution in [3.05, 3.63) is 90.9 Å². The Labute approximate surface area is 197 Å². The van der Waals surface area contributed by atoms with Gasteiger partial charge in [0.25, 0.3) is 0 Å². The Balaban J connectivity index is 1.54. The third kappa shape index (κ3) is 4.05. The van der Waals surface area contributed by atoms with Crippen LogP contribution in [0.4, 0.5) is 4.39 Å². The van der Waals surface area contributed by atoms with E-state index in [1.807, 2.05) is 46.7 Å². The molecule has 1 atom stereocenters. The minimum absolute atomic E-state index is 0.0763. The van der Waals surface area contributed by atoms with E-state index in [9.17, 15) is 9.18 Å². The van der Waals surface area contributed by atoms with Gasteiger partial charge in [0.15, 0.2) is 0 Å². The van der Waals surface area contributed by atoms with Gasteiger partial charge >= 0.3 is 0 Å². The van der Waals surface area contributed by atoms with E-state index in [1.54, 1.807) is 18.3 Å². The molecule has 1 unspecified atom stereocenters. The standard InChI is InChI=1S/C27H25FN4O2/c1-3-24(33)31-15-5-4-9-23(31)27-30-25(26-18(2)29-14-16-32(26)27)19-10-12-21(13-11-19)34-22-8-6-7-20(28)17-22/h3,6-8,10-14,16-17,23H,1,4-5,9,15H2,2H3. The molecule has 0 radical (unpaired) electrons. The van der Waals surface area contributed by atoms with Crippen molar-refractivity contribution < 1.29 is 13.9 Å². The molecule has 4 aromatic rings. The van der Waals surface area contributed by atoms with Gasteiger partial charge in [-0.1, -0.05) is 12.6 Å². The van der Waals surface area contributed by atoms with Crippen LogP contribution < -0.4 is 4.74 Å². The van der Waals surface area contributed by atoms with Crippen molar-refractivity contribution in [1.82, 2.24) is 19.3 Å². The topological polar surface area (TPSA) is 59.7 Å². The maximum absolute atomic E-state index is 13.5. The number of piperidine rings is 1. The lowest BCUT2D eigenvalue weighted by molar-refractivity contribution is -0.129. The Hall–Kier alpha value is -4.00. The third-order valence-electron chi connectivity index (χ3n) is 6.18. The monoisotopic (exact) mass is 456 g/mol. The van der Waals surface area contributed by atoms with Crippen LogP contribution in [-0.4, -0.2) is 31.7 Å². The van der Waals surface area contributed by atoms with Gasteiger partial charge in [-0.15, -0.1) is 0 Å². The number of halogens is 1. The maximum atomic E-state index is 13.5.